The molecule has 2 nitrogen and oxygen atoms in total. The van der Waals surface area contributed by atoms with E-state index in [0.29, 0.717) is 17.2 Å². The number of aromatic nitrogens is 2. The molecule has 0 aliphatic rings. The minimum absolute atomic E-state index is 0. The third-order valence-corrected chi connectivity index (χ3v) is 13.0. The van der Waals surface area contributed by atoms with Gasteiger partial charge in [0.15, 0.2) is 0 Å². The molecule has 0 bridgehead atoms. The minimum Gasteiger partial charge on any atom is -0.305 e. The Hall–Kier alpha value is -4.51. The van der Waals surface area contributed by atoms with E-state index in [1.807, 2.05) is 86.1 Å². The molecule has 0 atom stereocenters. The third-order valence-electron chi connectivity index (χ3n) is 9.82. The summed E-state index contributed by atoms with van der Waals surface area (Å²) in [5.41, 5.74) is 10.2. The summed E-state index contributed by atoms with van der Waals surface area (Å²) in [6.07, 6.45) is 4.90. The molecule has 8 aromatic rings. The quantitative estimate of drug-likeness (QED) is 0.112. The Labute approximate surface area is 358 Å². The monoisotopic (exact) mass is 947 g/mol. The van der Waals surface area contributed by atoms with Crippen molar-refractivity contribution in [2.45, 2.75) is 66.5 Å². The van der Waals surface area contributed by atoms with Crippen LogP contribution >= 0.6 is 11.3 Å². The van der Waals surface area contributed by atoms with Crippen LogP contribution < -0.4 is 5.19 Å². The van der Waals surface area contributed by atoms with Crippen LogP contribution in [0.3, 0.4) is 0 Å². The van der Waals surface area contributed by atoms with Crippen molar-refractivity contribution in [3.8, 4) is 44.8 Å². The minimum atomic E-state index is -2.23. The molecule has 285 valence electrons. The van der Waals surface area contributed by atoms with Crippen LogP contribution in [0.15, 0.2) is 134 Å². The fourth-order valence-electron chi connectivity index (χ4n) is 7.06. The molecule has 0 aliphatic heterocycles. The van der Waals surface area contributed by atoms with Crippen molar-refractivity contribution in [3.63, 3.8) is 0 Å². The number of fused-ring (bicyclic) bond motifs is 3. The molecule has 0 spiro atoms. The number of benzene rings is 5. The van der Waals surface area contributed by atoms with Gasteiger partial charge in [-0.25, -0.2) is 0 Å². The average Bonchev–Trinajstić information content (AvgIpc) is 3.58. The fraction of sp³-hybridized carbons (Fsp3) is 0.216. The number of hydrogen-bond donors (Lipinski definition) is 0. The van der Waals surface area contributed by atoms with E-state index in [9.17, 15) is 0 Å². The SMILES string of the molecule is CC(C)Cc1ccnc(-c2[c-]ccc3c2sc2ccc(-c4ccccc4)cc23)c1.[2H]C([2H])([2H])c1c[c-]c(-c2cc(C([2H])(C)C)c([Si](C)(C)C)cn2)cc1-c1ccccc1.[Ir]. The van der Waals surface area contributed by atoms with Gasteiger partial charge in [-0.1, -0.05) is 155 Å². The molecular formula is C51H50IrN2SSi-2. The second-order valence-electron chi connectivity index (χ2n) is 15.8. The molecule has 0 saturated heterocycles. The molecule has 3 heterocycles. The second kappa shape index (κ2) is 17.7. The first-order valence-corrected chi connectivity index (χ1v) is 23.3. The van der Waals surface area contributed by atoms with Gasteiger partial charge >= 0.3 is 0 Å². The zero-order chi connectivity index (χ0) is 42.1. The molecule has 0 N–H and O–H groups in total. The first-order valence-electron chi connectivity index (χ1n) is 21.0. The molecule has 1 radical (unpaired) electrons. The van der Waals surface area contributed by atoms with Crippen LogP contribution in [0.1, 0.15) is 55.8 Å². The summed E-state index contributed by atoms with van der Waals surface area (Å²) >= 11 is 1.84. The van der Waals surface area contributed by atoms with Crippen LogP contribution in [0.25, 0.3) is 64.9 Å². The fourth-order valence-corrected chi connectivity index (χ4v) is 9.83. The summed E-state index contributed by atoms with van der Waals surface area (Å²) in [6.45, 7) is 12.8. The van der Waals surface area contributed by atoms with Gasteiger partial charge in [-0.2, -0.15) is 11.3 Å². The van der Waals surface area contributed by atoms with Crippen LogP contribution in [0.2, 0.25) is 19.6 Å². The third kappa shape index (κ3) is 9.19. The molecule has 8 rings (SSSR count). The Morgan fingerprint density at radius 1 is 0.750 bits per heavy atom. The van der Waals surface area contributed by atoms with E-state index in [0.717, 1.165) is 34.4 Å². The van der Waals surface area contributed by atoms with E-state index in [-0.39, 0.29) is 25.7 Å². The summed E-state index contributed by atoms with van der Waals surface area (Å²) in [7, 11) is -1.68. The number of pyridine rings is 2. The average molecular weight is 947 g/mol. The zero-order valence-electron chi connectivity index (χ0n) is 37.1. The van der Waals surface area contributed by atoms with Gasteiger partial charge in [-0.05, 0) is 79.8 Å². The Morgan fingerprint density at radius 3 is 2.16 bits per heavy atom. The Bertz CT molecular complexity index is 2730. The summed E-state index contributed by atoms with van der Waals surface area (Å²) < 4.78 is 35.0. The number of hydrogen-bond acceptors (Lipinski definition) is 3. The van der Waals surface area contributed by atoms with Gasteiger partial charge < -0.3 is 9.97 Å². The maximum Gasteiger partial charge on any atom is 0.0799 e. The summed E-state index contributed by atoms with van der Waals surface area (Å²) in [6, 6.07) is 47.5. The number of thiophene rings is 1. The number of aryl methyl sites for hydroxylation is 1. The van der Waals surface area contributed by atoms with Gasteiger partial charge in [-0.15, -0.1) is 53.1 Å². The van der Waals surface area contributed by atoms with Crippen molar-refractivity contribution in [1.82, 2.24) is 9.97 Å². The van der Waals surface area contributed by atoms with Gasteiger partial charge in [0.05, 0.1) is 8.07 Å². The number of rotatable bonds is 8. The standard InChI is InChI=1S/C27H22NS.C24H28NSi.Ir/c1-18(2)15-19-13-14-28-25(16-19)23-10-6-9-22-24-17-21(20-7-4-3-5-8-20)11-12-26(24)29-27(22)23;1-17(2)21-15-23(25-16-24(21)26(4,5)6)20-13-12-18(3)22(14-20)19-10-8-7-9-11-19;/h3-9,11-14,16-18H,15H2,1-2H3;7-12,14-17H,1-6H3;/q2*-1;/i;3D3,17D;. The second-order valence-corrected chi connectivity index (χ2v) is 21.9. The van der Waals surface area contributed by atoms with Crippen molar-refractivity contribution < 1.29 is 25.6 Å². The van der Waals surface area contributed by atoms with Gasteiger partial charge in [0.1, 0.15) is 0 Å². The molecule has 5 aromatic carbocycles. The molecule has 3 aromatic heterocycles. The maximum absolute atomic E-state index is 8.66. The molecule has 0 saturated carbocycles. The van der Waals surface area contributed by atoms with Crippen LogP contribution in [0, 0.1) is 24.9 Å². The van der Waals surface area contributed by atoms with E-state index < -0.39 is 20.8 Å². The first kappa shape index (κ1) is 35.9. The van der Waals surface area contributed by atoms with Crippen molar-refractivity contribution in [3.05, 3.63) is 163 Å². The Morgan fingerprint density at radius 2 is 1.48 bits per heavy atom. The van der Waals surface area contributed by atoms with Gasteiger partial charge in [-0.3, -0.25) is 0 Å². The van der Waals surface area contributed by atoms with Crippen LogP contribution in [-0.2, 0) is 26.5 Å². The molecule has 0 aliphatic carbocycles. The predicted octanol–water partition coefficient (Wildman–Crippen LogP) is 14.0. The predicted molar refractivity (Wildman–Crippen MR) is 241 cm³/mol. The first-order chi connectivity index (χ1) is 28.0. The maximum atomic E-state index is 8.66. The van der Waals surface area contributed by atoms with Crippen molar-refractivity contribution in [2.75, 3.05) is 0 Å². The summed E-state index contributed by atoms with van der Waals surface area (Å²) in [5, 5.41) is 3.76. The smallest absolute Gasteiger partial charge is 0.0799 e. The molecular weight excluding hydrogens is 893 g/mol. The molecule has 56 heavy (non-hydrogen) atoms. The van der Waals surface area contributed by atoms with E-state index >= 15 is 0 Å². The molecule has 0 unspecified atom stereocenters. The normalized spacial score (nSPS) is 12.9. The summed E-state index contributed by atoms with van der Waals surface area (Å²) in [4.78, 5) is 9.37. The van der Waals surface area contributed by atoms with Crippen molar-refractivity contribution in [1.29, 1.82) is 0 Å². The Balaban J connectivity index is 0.000000198. The zero-order valence-corrected chi connectivity index (χ0v) is 37.3. The van der Waals surface area contributed by atoms with E-state index in [1.54, 1.807) is 6.07 Å². The van der Waals surface area contributed by atoms with Crippen LogP contribution in [-0.4, -0.2) is 18.0 Å². The van der Waals surface area contributed by atoms with Crippen molar-refractivity contribution >= 4 is 44.8 Å². The van der Waals surface area contributed by atoms with Gasteiger partial charge in [0.2, 0.25) is 0 Å². The Kier molecular flexibility index (Phi) is 11.4. The molecule has 5 heteroatoms. The molecule has 0 fully saturated rings. The van der Waals surface area contributed by atoms with Crippen LogP contribution in [0.5, 0.6) is 0 Å². The number of nitrogens with zero attached hydrogens (tertiary/aromatic N) is 2. The van der Waals surface area contributed by atoms with Gasteiger partial charge in [0.25, 0.3) is 0 Å². The van der Waals surface area contributed by atoms with E-state index in [2.05, 4.69) is 117 Å². The topological polar surface area (TPSA) is 25.8 Å². The summed E-state index contributed by atoms with van der Waals surface area (Å²) in [5.74, 6) is -0.125. The van der Waals surface area contributed by atoms with Crippen LogP contribution in [0.4, 0.5) is 0 Å². The van der Waals surface area contributed by atoms with E-state index in [4.69, 9.17) is 10.5 Å². The van der Waals surface area contributed by atoms with Crippen molar-refractivity contribution in [2.24, 2.45) is 5.92 Å². The largest absolute Gasteiger partial charge is 0.305 e. The van der Waals surface area contributed by atoms with Gasteiger partial charge in [0, 0.05) is 42.7 Å². The van der Waals surface area contributed by atoms with E-state index in [1.165, 1.54) is 42.0 Å². The molecule has 0 amide bonds.